The van der Waals surface area contributed by atoms with E-state index in [2.05, 4.69) is 17.6 Å². The Bertz CT molecular complexity index is 912. The Balaban J connectivity index is 0.00000320. The molecule has 3 rings (SSSR count). The number of nitrogens with two attached hydrogens (primary N) is 1. The number of fused-ring (bicyclic) bond motifs is 1. The van der Waals surface area contributed by atoms with Crippen molar-refractivity contribution in [3.63, 3.8) is 0 Å². The van der Waals surface area contributed by atoms with Gasteiger partial charge in [-0.1, -0.05) is 38.3 Å². The molecular weight excluding hydrogens is 402 g/mol. The summed E-state index contributed by atoms with van der Waals surface area (Å²) in [6.45, 7) is 3.67. The minimum absolute atomic E-state index is 0. The van der Waals surface area contributed by atoms with Crippen molar-refractivity contribution in [3.8, 4) is 11.5 Å². The largest absolute Gasteiger partial charge is 1.00 e. The van der Waals surface area contributed by atoms with Crippen LogP contribution in [0.3, 0.4) is 0 Å². The lowest BCUT2D eigenvalue weighted by Gasteiger charge is -2.12. The second-order valence-electron chi connectivity index (χ2n) is 7.31. The molecule has 0 fully saturated rings. The molecule has 1 heterocycles. The van der Waals surface area contributed by atoms with Gasteiger partial charge in [0, 0.05) is 0 Å². The number of benzene rings is 2. The van der Waals surface area contributed by atoms with Crippen LogP contribution in [0.1, 0.15) is 32.6 Å². The van der Waals surface area contributed by atoms with Gasteiger partial charge in [0.2, 0.25) is 0 Å². The Morgan fingerprint density at radius 1 is 1.03 bits per heavy atom. The van der Waals surface area contributed by atoms with Gasteiger partial charge in [-0.25, -0.2) is 9.13 Å². The number of para-hydroxylation sites is 2. The average molecular weight is 434 g/mol. The molecule has 0 aliphatic heterocycles. The molecule has 3 N–H and O–H groups in total. The van der Waals surface area contributed by atoms with Crippen LogP contribution in [0.15, 0.2) is 48.5 Å². The first kappa shape index (κ1) is 23.8. The number of hydrogen-bond acceptors (Lipinski definition) is 4. The van der Waals surface area contributed by atoms with Gasteiger partial charge in [-0.2, -0.15) is 0 Å². The molecule has 0 saturated heterocycles. The summed E-state index contributed by atoms with van der Waals surface area (Å²) in [7, 11) is 1.63. The van der Waals surface area contributed by atoms with Crippen molar-refractivity contribution < 1.29 is 31.6 Å². The molecule has 6 nitrogen and oxygen atoms in total. The minimum Gasteiger partial charge on any atom is -1.00 e. The van der Waals surface area contributed by atoms with Crippen LogP contribution in [-0.2, 0) is 13.1 Å². The number of hydrogen-bond donors (Lipinski definition) is 2. The smallest absolute Gasteiger partial charge is 0.356 e. The number of rotatable bonds is 11. The van der Waals surface area contributed by atoms with Crippen molar-refractivity contribution in [2.45, 2.75) is 51.8 Å². The molecular formula is C23H32ClN3O3. The molecule has 0 bridgehead atoms. The molecule has 164 valence electrons. The second-order valence-corrected chi connectivity index (χ2v) is 7.31. The van der Waals surface area contributed by atoms with Gasteiger partial charge in [-0.3, -0.25) is 5.73 Å². The highest BCUT2D eigenvalue weighted by Gasteiger charge is 2.22. The Labute approximate surface area is 184 Å². The topological polar surface area (TPSA) is 73.5 Å². The highest BCUT2D eigenvalue weighted by molar-refractivity contribution is 5.73. The summed E-state index contributed by atoms with van der Waals surface area (Å²) in [6.07, 6.45) is 4.06. The molecule has 30 heavy (non-hydrogen) atoms. The van der Waals surface area contributed by atoms with Gasteiger partial charge in [0.1, 0.15) is 41.8 Å². The van der Waals surface area contributed by atoms with Crippen LogP contribution in [-0.4, -0.2) is 29.5 Å². The van der Waals surface area contributed by atoms with E-state index in [1.54, 1.807) is 7.11 Å². The number of aryl methyl sites for hydroxylation is 1. The van der Waals surface area contributed by atoms with Crippen LogP contribution < -0.4 is 32.2 Å². The molecule has 2 aromatic carbocycles. The van der Waals surface area contributed by atoms with Crippen molar-refractivity contribution in [2.75, 3.05) is 19.5 Å². The summed E-state index contributed by atoms with van der Waals surface area (Å²) < 4.78 is 15.0. The van der Waals surface area contributed by atoms with E-state index in [0.29, 0.717) is 18.2 Å². The van der Waals surface area contributed by atoms with Crippen molar-refractivity contribution in [2.24, 2.45) is 0 Å². The first-order valence-electron chi connectivity index (χ1n) is 10.4. The zero-order valence-electron chi connectivity index (χ0n) is 17.8. The first-order chi connectivity index (χ1) is 14.1. The van der Waals surface area contributed by atoms with E-state index in [1.807, 2.05) is 47.0 Å². The van der Waals surface area contributed by atoms with Gasteiger partial charge in [-0.15, -0.1) is 0 Å². The maximum absolute atomic E-state index is 10.6. The summed E-state index contributed by atoms with van der Waals surface area (Å²) in [5.41, 5.74) is 8.61. The van der Waals surface area contributed by atoms with Gasteiger partial charge < -0.3 is 27.0 Å². The number of unbranched alkanes of at least 4 members (excludes halogenated alkanes) is 3. The maximum atomic E-state index is 10.6. The third kappa shape index (κ3) is 5.80. The number of aliphatic hydroxyl groups is 1. The lowest BCUT2D eigenvalue weighted by atomic mass is 10.2. The van der Waals surface area contributed by atoms with E-state index < -0.39 is 6.10 Å². The Morgan fingerprint density at radius 2 is 1.73 bits per heavy atom. The fourth-order valence-electron chi connectivity index (χ4n) is 3.56. The van der Waals surface area contributed by atoms with Crippen LogP contribution in [0.4, 0.5) is 5.95 Å². The Kier molecular flexibility index (Phi) is 9.27. The van der Waals surface area contributed by atoms with Crippen LogP contribution in [0, 0.1) is 0 Å². The maximum Gasteiger partial charge on any atom is 0.356 e. The lowest BCUT2D eigenvalue weighted by molar-refractivity contribution is -0.665. The predicted molar refractivity (Wildman–Crippen MR) is 115 cm³/mol. The molecule has 0 aliphatic rings. The third-order valence-electron chi connectivity index (χ3n) is 5.15. The second kappa shape index (κ2) is 11.7. The molecule has 3 aromatic rings. The van der Waals surface area contributed by atoms with Crippen LogP contribution in [0.25, 0.3) is 11.0 Å². The number of aromatic nitrogens is 2. The van der Waals surface area contributed by atoms with Gasteiger partial charge >= 0.3 is 5.95 Å². The number of aliphatic hydroxyl groups excluding tert-OH is 1. The summed E-state index contributed by atoms with van der Waals surface area (Å²) in [5.74, 6) is 2.14. The van der Waals surface area contributed by atoms with Crippen molar-refractivity contribution in [1.82, 2.24) is 4.57 Å². The molecule has 1 unspecified atom stereocenters. The summed E-state index contributed by atoms with van der Waals surface area (Å²) in [4.78, 5) is 0. The molecule has 0 aliphatic carbocycles. The zero-order valence-corrected chi connectivity index (χ0v) is 18.5. The normalized spacial score (nSPS) is 11.8. The van der Waals surface area contributed by atoms with E-state index in [-0.39, 0.29) is 19.0 Å². The van der Waals surface area contributed by atoms with Gasteiger partial charge in [0.15, 0.2) is 0 Å². The molecule has 0 spiro atoms. The number of nitrogen functional groups attached to an aromatic ring is 1. The number of anilines is 1. The summed E-state index contributed by atoms with van der Waals surface area (Å²) >= 11 is 0. The first-order valence-corrected chi connectivity index (χ1v) is 10.4. The number of halogens is 1. The van der Waals surface area contributed by atoms with Crippen LogP contribution in [0.5, 0.6) is 11.5 Å². The fraction of sp³-hybridized carbons (Fsp3) is 0.435. The van der Waals surface area contributed by atoms with Gasteiger partial charge in [-0.05, 0) is 42.8 Å². The highest BCUT2D eigenvalue weighted by atomic mass is 35.5. The standard InChI is InChI=1S/C23H31N3O3.ClH/c1-3-4-5-8-15-25-21-9-6-7-10-22(21)26(23(25)24)16-18(27)17-29-20-13-11-19(28-2)12-14-20;/h6-7,9-14,18,24,27H,3-5,8,15-17H2,1-2H3;1H. The monoisotopic (exact) mass is 433 g/mol. The average Bonchev–Trinajstić information content (AvgIpc) is 3.01. The van der Waals surface area contributed by atoms with E-state index in [4.69, 9.17) is 15.2 Å². The zero-order chi connectivity index (χ0) is 20.6. The Hall–Kier alpha value is -2.44. The van der Waals surface area contributed by atoms with Crippen LogP contribution >= 0.6 is 0 Å². The minimum atomic E-state index is -0.677. The molecule has 0 radical (unpaired) electrons. The van der Waals surface area contributed by atoms with E-state index in [0.717, 1.165) is 29.7 Å². The van der Waals surface area contributed by atoms with Gasteiger partial charge in [0.25, 0.3) is 0 Å². The quantitative estimate of drug-likeness (QED) is 0.342. The lowest BCUT2D eigenvalue weighted by Crippen LogP contribution is -3.00. The molecule has 1 aromatic heterocycles. The van der Waals surface area contributed by atoms with Crippen LogP contribution in [0.2, 0.25) is 0 Å². The fourth-order valence-corrected chi connectivity index (χ4v) is 3.56. The highest BCUT2D eigenvalue weighted by Crippen LogP contribution is 2.19. The third-order valence-corrected chi connectivity index (χ3v) is 5.15. The summed E-state index contributed by atoms with van der Waals surface area (Å²) in [6, 6.07) is 15.5. The van der Waals surface area contributed by atoms with Gasteiger partial charge in [0.05, 0.1) is 13.7 Å². The number of methoxy groups -OCH3 is 1. The number of ether oxygens (including phenoxy) is 2. The SMILES string of the molecule is CCCCCCn1c(N)[n+](CC(O)COc2ccc(OC)cc2)c2ccccc21.[Cl-]. The molecule has 7 heteroatoms. The van der Waals surface area contributed by atoms with E-state index >= 15 is 0 Å². The summed E-state index contributed by atoms with van der Waals surface area (Å²) in [5, 5.41) is 10.6. The van der Waals surface area contributed by atoms with E-state index in [1.165, 1.54) is 19.3 Å². The predicted octanol–water partition coefficient (Wildman–Crippen LogP) is 0.544. The molecule has 1 atom stereocenters. The molecule has 0 saturated carbocycles. The molecule has 0 amide bonds. The number of nitrogens with zero attached hydrogens (tertiary/aromatic N) is 2. The van der Waals surface area contributed by atoms with Crippen molar-refractivity contribution >= 4 is 17.0 Å². The van der Waals surface area contributed by atoms with Crippen molar-refractivity contribution in [1.29, 1.82) is 0 Å². The van der Waals surface area contributed by atoms with Crippen molar-refractivity contribution in [3.05, 3.63) is 48.5 Å². The Morgan fingerprint density at radius 3 is 2.43 bits per heavy atom. The number of imidazole rings is 1. The van der Waals surface area contributed by atoms with E-state index in [9.17, 15) is 5.11 Å².